The number of nitrogens with zero attached hydrogens (tertiary/aromatic N) is 1. The predicted octanol–water partition coefficient (Wildman–Crippen LogP) is 5.60. The number of halogens is 4. The van der Waals surface area contributed by atoms with E-state index in [9.17, 15) is 22.8 Å². The van der Waals surface area contributed by atoms with E-state index in [0.717, 1.165) is 23.0 Å². The molecule has 35 heavy (non-hydrogen) atoms. The molecular formula is C25H23ClF3N3O3. The van der Waals surface area contributed by atoms with Gasteiger partial charge >= 0.3 is 6.18 Å². The second kappa shape index (κ2) is 10.5. The van der Waals surface area contributed by atoms with E-state index in [4.69, 9.17) is 16.3 Å². The maximum absolute atomic E-state index is 12.7. The van der Waals surface area contributed by atoms with Crippen LogP contribution in [0.5, 0.6) is 5.75 Å². The van der Waals surface area contributed by atoms with Crippen molar-refractivity contribution in [3.63, 3.8) is 0 Å². The van der Waals surface area contributed by atoms with E-state index in [0.29, 0.717) is 36.5 Å². The zero-order valence-corrected chi connectivity index (χ0v) is 19.3. The first-order valence-electron chi connectivity index (χ1n) is 11.1. The second-order valence-electron chi connectivity index (χ2n) is 8.45. The van der Waals surface area contributed by atoms with Crippen molar-refractivity contribution in [2.45, 2.75) is 37.9 Å². The van der Waals surface area contributed by atoms with E-state index in [1.54, 1.807) is 24.3 Å². The van der Waals surface area contributed by atoms with Crippen LogP contribution in [0.25, 0.3) is 10.9 Å². The first-order valence-corrected chi connectivity index (χ1v) is 11.5. The number of hydrogen-bond acceptors (Lipinski definition) is 4. The first kappa shape index (κ1) is 24.8. The van der Waals surface area contributed by atoms with Crippen molar-refractivity contribution in [2.24, 2.45) is 5.92 Å². The summed E-state index contributed by atoms with van der Waals surface area (Å²) in [6.45, 7) is -0.301. The molecule has 6 nitrogen and oxygen atoms in total. The number of alkyl halides is 3. The Morgan fingerprint density at radius 3 is 2.40 bits per heavy atom. The van der Waals surface area contributed by atoms with E-state index in [-0.39, 0.29) is 36.1 Å². The summed E-state index contributed by atoms with van der Waals surface area (Å²) in [5.74, 6) is -0.00616. The summed E-state index contributed by atoms with van der Waals surface area (Å²) in [6.07, 6.45) is -1.94. The fraction of sp³-hybridized carbons (Fsp3) is 0.320. The zero-order chi connectivity index (χ0) is 25.0. The lowest BCUT2D eigenvalue weighted by atomic mass is 9.85. The molecule has 3 aromatic rings. The Morgan fingerprint density at radius 1 is 1.00 bits per heavy atom. The van der Waals surface area contributed by atoms with Crippen molar-refractivity contribution in [2.75, 3.05) is 11.9 Å². The topological polar surface area (TPSA) is 80.3 Å². The number of carbonyl (C=O) groups is 2. The molecule has 1 fully saturated rings. The van der Waals surface area contributed by atoms with Gasteiger partial charge in [0.25, 0.3) is 5.91 Å². The highest BCUT2D eigenvalue weighted by atomic mass is 35.5. The van der Waals surface area contributed by atoms with Crippen LogP contribution >= 0.6 is 11.6 Å². The normalized spacial score (nSPS) is 18.2. The quantitative estimate of drug-likeness (QED) is 0.457. The number of carbonyl (C=O) groups excluding carboxylic acids is 2. The summed E-state index contributed by atoms with van der Waals surface area (Å²) < 4.78 is 43.1. The Morgan fingerprint density at radius 2 is 1.71 bits per heavy atom. The summed E-state index contributed by atoms with van der Waals surface area (Å²) >= 11 is 5.99. The smallest absolute Gasteiger partial charge is 0.416 e. The molecule has 0 aliphatic heterocycles. The standard InChI is InChI=1S/C25H23ClF3N3O3/c26-18-6-11-21-16(13-18)3-12-22(31-21)32-24(34)15-1-7-19(8-2-15)30-23(33)14-35-20-9-4-17(5-10-20)25(27,28)29/h3-6,9-13,15,19H,1-2,7-8,14H2,(H,30,33)(H,31,32,34)/t15-,19-. The average molecular weight is 506 g/mol. The number of pyridine rings is 1. The molecule has 10 heteroatoms. The molecule has 1 aliphatic carbocycles. The van der Waals surface area contributed by atoms with Gasteiger partial charge < -0.3 is 15.4 Å². The summed E-state index contributed by atoms with van der Waals surface area (Å²) in [6, 6.07) is 13.0. The minimum atomic E-state index is -4.42. The summed E-state index contributed by atoms with van der Waals surface area (Å²) in [5, 5.41) is 7.22. The first-order chi connectivity index (χ1) is 16.7. The molecule has 2 amide bonds. The van der Waals surface area contributed by atoms with Gasteiger partial charge in [-0.1, -0.05) is 11.6 Å². The van der Waals surface area contributed by atoms with Crippen LogP contribution in [-0.2, 0) is 15.8 Å². The van der Waals surface area contributed by atoms with Gasteiger partial charge in [0.1, 0.15) is 11.6 Å². The van der Waals surface area contributed by atoms with Gasteiger partial charge in [-0.3, -0.25) is 9.59 Å². The van der Waals surface area contributed by atoms with E-state index in [1.165, 1.54) is 12.1 Å². The summed E-state index contributed by atoms with van der Waals surface area (Å²) in [4.78, 5) is 29.3. The largest absolute Gasteiger partial charge is 0.484 e. The van der Waals surface area contributed by atoms with Gasteiger partial charge in [-0.15, -0.1) is 0 Å². The predicted molar refractivity (Wildman–Crippen MR) is 126 cm³/mol. The Balaban J connectivity index is 1.21. The summed E-state index contributed by atoms with van der Waals surface area (Å²) in [7, 11) is 0. The number of aromatic nitrogens is 1. The van der Waals surface area contributed by atoms with Crippen LogP contribution in [0.15, 0.2) is 54.6 Å². The Kier molecular flexibility index (Phi) is 7.45. The number of ether oxygens (including phenoxy) is 1. The fourth-order valence-corrected chi connectivity index (χ4v) is 4.23. The van der Waals surface area contributed by atoms with Crippen molar-refractivity contribution in [3.8, 4) is 5.75 Å². The van der Waals surface area contributed by atoms with E-state index >= 15 is 0 Å². The molecule has 0 unspecified atom stereocenters. The van der Waals surface area contributed by atoms with Gasteiger partial charge in [-0.05, 0) is 80.3 Å². The number of benzene rings is 2. The molecular weight excluding hydrogens is 483 g/mol. The van der Waals surface area contributed by atoms with Gasteiger partial charge in [0.05, 0.1) is 11.1 Å². The molecule has 184 valence electrons. The third-order valence-electron chi connectivity index (χ3n) is 5.92. The third-order valence-corrected chi connectivity index (χ3v) is 6.15. The number of hydrogen-bond donors (Lipinski definition) is 2. The maximum atomic E-state index is 12.7. The van der Waals surface area contributed by atoms with Crippen LogP contribution in [0.2, 0.25) is 5.02 Å². The molecule has 1 saturated carbocycles. The van der Waals surface area contributed by atoms with Gasteiger partial charge in [0.15, 0.2) is 6.61 Å². The molecule has 4 rings (SSSR count). The number of nitrogens with one attached hydrogen (secondary N) is 2. The number of fused-ring (bicyclic) bond motifs is 1. The second-order valence-corrected chi connectivity index (χ2v) is 8.89. The lowest BCUT2D eigenvalue weighted by molar-refractivity contribution is -0.137. The molecule has 2 aromatic carbocycles. The van der Waals surface area contributed by atoms with Gasteiger partial charge in [-0.25, -0.2) is 4.98 Å². The van der Waals surface area contributed by atoms with Crippen LogP contribution in [-0.4, -0.2) is 29.4 Å². The van der Waals surface area contributed by atoms with Crippen LogP contribution in [0.1, 0.15) is 31.2 Å². The fourth-order valence-electron chi connectivity index (χ4n) is 4.05. The molecule has 0 atom stereocenters. The molecule has 0 radical (unpaired) electrons. The van der Waals surface area contributed by atoms with Crippen molar-refractivity contribution in [3.05, 3.63) is 65.2 Å². The van der Waals surface area contributed by atoms with E-state index in [1.807, 2.05) is 6.07 Å². The zero-order valence-electron chi connectivity index (χ0n) is 18.6. The number of anilines is 1. The van der Waals surface area contributed by atoms with Crippen LogP contribution in [0.3, 0.4) is 0 Å². The third kappa shape index (κ3) is 6.63. The highest BCUT2D eigenvalue weighted by Crippen LogP contribution is 2.30. The molecule has 2 N–H and O–H groups in total. The van der Waals surface area contributed by atoms with Gasteiger partial charge in [-0.2, -0.15) is 13.2 Å². The van der Waals surface area contributed by atoms with Gasteiger partial charge in [0, 0.05) is 22.4 Å². The Labute approximate surface area is 204 Å². The van der Waals surface area contributed by atoms with Gasteiger partial charge in [0.2, 0.25) is 5.91 Å². The van der Waals surface area contributed by atoms with Crippen LogP contribution in [0, 0.1) is 5.92 Å². The lowest BCUT2D eigenvalue weighted by Gasteiger charge is -2.28. The van der Waals surface area contributed by atoms with Crippen molar-refractivity contribution < 1.29 is 27.5 Å². The molecule has 0 spiro atoms. The molecule has 1 aromatic heterocycles. The minimum absolute atomic E-state index is 0.0914. The summed E-state index contributed by atoms with van der Waals surface area (Å²) in [5.41, 5.74) is -0.0476. The Bertz CT molecular complexity index is 1210. The molecule has 0 saturated heterocycles. The van der Waals surface area contributed by atoms with Crippen molar-refractivity contribution in [1.29, 1.82) is 0 Å². The lowest BCUT2D eigenvalue weighted by Crippen LogP contribution is -2.41. The van der Waals surface area contributed by atoms with Crippen LogP contribution < -0.4 is 15.4 Å². The van der Waals surface area contributed by atoms with E-state index < -0.39 is 11.7 Å². The Hall–Kier alpha value is -3.33. The minimum Gasteiger partial charge on any atom is -0.484 e. The SMILES string of the molecule is O=C(COc1ccc(C(F)(F)F)cc1)N[C@H]1CC[C@H](C(=O)Nc2ccc3cc(Cl)ccc3n2)CC1. The van der Waals surface area contributed by atoms with Crippen molar-refractivity contribution in [1.82, 2.24) is 10.3 Å². The molecule has 1 aliphatic rings. The average Bonchev–Trinajstić information content (AvgIpc) is 2.83. The molecule has 0 bridgehead atoms. The molecule has 1 heterocycles. The number of amides is 2. The van der Waals surface area contributed by atoms with Crippen molar-refractivity contribution >= 4 is 40.1 Å². The maximum Gasteiger partial charge on any atom is 0.416 e. The van der Waals surface area contributed by atoms with Crippen LogP contribution in [0.4, 0.5) is 19.0 Å². The highest BCUT2D eigenvalue weighted by molar-refractivity contribution is 6.31. The van der Waals surface area contributed by atoms with E-state index in [2.05, 4.69) is 15.6 Å². The highest BCUT2D eigenvalue weighted by Gasteiger charge is 2.30. The monoisotopic (exact) mass is 505 g/mol. The number of rotatable bonds is 6.